The van der Waals surface area contributed by atoms with Crippen LogP contribution in [0.1, 0.15) is 25.4 Å². The fourth-order valence-electron chi connectivity index (χ4n) is 3.17. The van der Waals surface area contributed by atoms with Gasteiger partial charge in [0.25, 0.3) is 0 Å². The third-order valence-corrected chi connectivity index (χ3v) is 4.72. The molecule has 10 heteroatoms. The molecule has 0 aliphatic carbocycles. The highest BCUT2D eigenvalue weighted by Gasteiger charge is 2.23. The van der Waals surface area contributed by atoms with Gasteiger partial charge < -0.3 is 28.8 Å². The van der Waals surface area contributed by atoms with Gasteiger partial charge in [0.2, 0.25) is 0 Å². The average molecular weight is 403 g/mol. The van der Waals surface area contributed by atoms with Gasteiger partial charge in [-0.1, -0.05) is 6.92 Å². The van der Waals surface area contributed by atoms with Crippen molar-refractivity contribution in [3.05, 3.63) is 36.3 Å². The molecule has 0 spiro atoms. The van der Waals surface area contributed by atoms with E-state index in [1.165, 1.54) is 0 Å². The number of hydrogen-bond acceptors (Lipinski definition) is 6. The number of aliphatic imine (C=N–C) groups is 1. The molecule has 0 aromatic carbocycles. The first kappa shape index (κ1) is 20.7. The molecule has 0 atom stereocenters. The minimum Gasteiger partial charge on any atom is -0.467 e. The number of carbonyl (C=O) groups excluding carboxylic acids is 1. The summed E-state index contributed by atoms with van der Waals surface area (Å²) in [5, 5.41) is 11.5. The van der Waals surface area contributed by atoms with Crippen molar-refractivity contribution in [1.29, 1.82) is 0 Å². The molecule has 3 rings (SSSR count). The molecule has 0 radical (unpaired) electrons. The standard InChI is InChI=1S/C19H29N7O3/c1-3-17-23-22-15-26(17)8-7-20-18(21-14-16-6-5-13-29-16)24-9-11-25(12-10-24)19(27)28-4-2/h5-6,13,15H,3-4,7-12,14H2,1-2H3,(H,20,21). The highest BCUT2D eigenvalue weighted by atomic mass is 16.6. The van der Waals surface area contributed by atoms with Gasteiger partial charge in [-0.15, -0.1) is 10.2 Å². The number of guanidine groups is 1. The Bertz CT molecular complexity index is 780. The molecule has 10 nitrogen and oxygen atoms in total. The minimum atomic E-state index is -0.256. The van der Waals surface area contributed by atoms with E-state index in [-0.39, 0.29) is 6.09 Å². The van der Waals surface area contributed by atoms with E-state index in [4.69, 9.17) is 14.1 Å². The molecule has 1 aliphatic rings. The molecule has 29 heavy (non-hydrogen) atoms. The molecule has 1 aliphatic heterocycles. The number of aromatic nitrogens is 3. The Hall–Kier alpha value is -3.04. The smallest absolute Gasteiger partial charge is 0.409 e. The van der Waals surface area contributed by atoms with Gasteiger partial charge in [-0.2, -0.15) is 0 Å². The zero-order chi connectivity index (χ0) is 20.5. The first-order valence-electron chi connectivity index (χ1n) is 10.0. The lowest BCUT2D eigenvalue weighted by Gasteiger charge is -2.36. The molecule has 2 aromatic rings. The van der Waals surface area contributed by atoms with Crippen molar-refractivity contribution in [3.8, 4) is 0 Å². The maximum absolute atomic E-state index is 11.9. The second-order valence-electron chi connectivity index (χ2n) is 6.61. The van der Waals surface area contributed by atoms with Crippen LogP contribution in [0, 0.1) is 0 Å². The second-order valence-corrected chi connectivity index (χ2v) is 6.61. The number of hydrogen-bond donors (Lipinski definition) is 1. The lowest BCUT2D eigenvalue weighted by atomic mass is 10.3. The van der Waals surface area contributed by atoms with Crippen molar-refractivity contribution in [3.63, 3.8) is 0 Å². The molecule has 2 aromatic heterocycles. The van der Waals surface area contributed by atoms with Crippen LogP contribution in [0.15, 0.2) is 34.1 Å². The predicted octanol–water partition coefficient (Wildman–Crippen LogP) is 1.35. The Morgan fingerprint density at radius 1 is 1.28 bits per heavy atom. The molecular formula is C19H29N7O3. The first-order chi connectivity index (χ1) is 14.2. The molecule has 1 fully saturated rings. The maximum atomic E-state index is 11.9. The Labute approximate surface area is 170 Å². The summed E-state index contributed by atoms with van der Waals surface area (Å²) in [5.41, 5.74) is 0. The lowest BCUT2D eigenvalue weighted by Crippen LogP contribution is -2.54. The third-order valence-electron chi connectivity index (χ3n) is 4.72. The number of nitrogens with one attached hydrogen (secondary N) is 1. The zero-order valence-electron chi connectivity index (χ0n) is 17.1. The molecular weight excluding hydrogens is 374 g/mol. The van der Waals surface area contributed by atoms with Crippen LogP contribution in [-0.2, 0) is 24.2 Å². The topological polar surface area (TPSA) is 101 Å². The van der Waals surface area contributed by atoms with Crippen molar-refractivity contribution >= 4 is 12.1 Å². The number of furan rings is 1. The van der Waals surface area contributed by atoms with Crippen molar-refractivity contribution in [2.75, 3.05) is 39.3 Å². The van der Waals surface area contributed by atoms with E-state index in [2.05, 4.69) is 27.3 Å². The third kappa shape index (κ3) is 5.72. The summed E-state index contributed by atoms with van der Waals surface area (Å²) in [5.74, 6) is 2.57. The van der Waals surface area contributed by atoms with Gasteiger partial charge in [-0.05, 0) is 19.1 Å². The molecule has 1 saturated heterocycles. The van der Waals surface area contributed by atoms with Crippen LogP contribution in [-0.4, -0.2) is 75.9 Å². The van der Waals surface area contributed by atoms with E-state index in [1.54, 1.807) is 17.5 Å². The maximum Gasteiger partial charge on any atom is 0.409 e. The van der Waals surface area contributed by atoms with Gasteiger partial charge in [0.15, 0.2) is 5.96 Å². The highest BCUT2D eigenvalue weighted by Crippen LogP contribution is 2.07. The summed E-state index contributed by atoms with van der Waals surface area (Å²) < 4.78 is 12.5. The van der Waals surface area contributed by atoms with Crippen LogP contribution >= 0.6 is 0 Å². The number of carbonyl (C=O) groups is 1. The minimum absolute atomic E-state index is 0.256. The van der Waals surface area contributed by atoms with Gasteiger partial charge >= 0.3 is 6.09 Å². The second kappa shape index (κ2) is 10.5. The number of nitrogens with zero attached hydrogens (tertiary/aromatic N) is 6. The van der Waals surface area contributed by atoms with E-state index < -0.39 is 0 Å². The SMILES string of the molecule is CCOC(=O)N1CCN(C(=NCc2ccco2)NCCn2cnnc2CC)CC1. The number of piperazine rings is 1. The summed E-state index contributed by atoms with van der Waals surface area (Å²) in [6, 6.07) is 3.76. The van der Waals surface area contributed by atoms with E-state index in [1.807, 2.05) is 23.6 Å². The van der Waals surface area contributed by atoms with Crippen LogP contribution in [0.25, 0.3) is 0 Å². The van der Waals surface area contributed by atoms with Gasteiger partial charge in [-0.3, -0.25) is 0 Å². The lowest BCUT2D eigenvalue weighted by molar-refractivity contribution is 0.0914. The molecule has 0 bridgehead atoms. The molecule has 1 amide bonds. The predicted molar refractivity (Wildman–Crippen MR) is 107 cm³/mol. The van der Waals surface area contributed by atoms with Crippen LogP contribution in [0.5, 0.6) is 0 Å². The Kier molecular flexibility index (Phi) is 7.48. The number of aryl methyl sites for hydroxylation is 1. The Balaban J connectivity index is 1.59. The molecule has 1 N–H and O–H groups in total. The number of amides is 1. The monoisotopic (exact) mass is 403 g/mol. The summed E-state index contributed by atoms with van der Waals surface area (Å²) in [6.07, 6.45) is 3.98. The normalized spacial score (nSPS) is 14.9. The largest absolute Gasteiger partial charge is 0.467 e. The summed E-state index contributed by atoms with van der Waals surface area (Å²) >= 11 is 0. The fourth-order valence-corrected chi connectivity index (χ4v) is 3.17. The average Bonchev–Trinajstić information content (AvgIpc) is 3.42. The van der Waals surface area contributed by atoms with Gasteiger partial charge in [0.1, 0.15) is 24.5 Å². The zero-order valence-corrected chi connectivity index (χ0v) is 17.1. The Morgan fingerprint density at radius 3 is 2.76 bits per heavy atom. The van der Waals surface area contributed by atoms with E-state index in [9.17, 15) is 4.79 Å². The number of ether oxygens (including phenoxy) is 1. The van der Waals surface area contributed by atoms with E-state index in [0.29, 0.717) is 45.9 Å². The highest BCUT2D eigenvalue weighted by molar-refractivity contribution is 5.80. The van der Waals surface area contributed by atoms with Crippen molar-refractivity contribution < 1.29 is 13.9 Å². The fraction of sp³-hybridized carbons (Fsp3) is 0.579. The van der Waals surface area contributed by atoms with Crippen LogP contribution < -0.4 is 5.32 Å². The van der Waals surface area contributed by atoms with Gasteiger partial charge in [0.05, 0.1) is 12.9 Å². The van der Waals surface area contributed by atoms with E-state index >= 15 is 0 Å². The van der Waals surface area contributed by atoms with Crippen LogP contribution in [0.4, 0.5) is 4.79 Å². The quantitative estimate of drug-likeness (QED) is 0.550. The van der Waals surface area contributed by atoms with Crippen LogP contribution in [0.3, 0.4) is 0 Å². The van der Waals surface area contributed by atoms with Gasteiger partial charge in [-0.25, -0.2) is 9.79 Å². The molecule has 0 saturated carbocycles. The molecule has 3 heterocycles. The van der Waals surface area contributed by atoms with Crippen molar-refractivity contribution in [1.82, 2.24) is 29.9 Å². The van der Waals surface area contributed by atoms with Crippen LogP contribution in [0.2, 0.25) is 0 Å². The van der Waals surface area contributed by atoms with Crippen molar-refractivity contribution in [2.45, 2.75) is 33.4 Å². The van der Waals surface area contributed by atoms with Gasteiger partial charge in [0, 0.05) is 45.7 Å². The summed E-state index contributed by atoms with van der Waals surface area (Å²) in [4.78, 5) is 20.5. The molecule has 158 valence electrons. The summed E-state index contributed by atoms with van der Waals surface area (Å²) in [7, 11) is 0. The molecule has 0 unspecified atom stereocenters. The van der Waals surface area contributed by atoms with E-state index in [0.717, 1.165) is 30.5 Å². The summed E-state index contributed by atoms with van der Waals surface area (Å²) in [6.45, 7) is 8.76. The first-order valence-corrected chi connectivity index (χ1v) is 10.0. The number of rotatable bonds is 7. The van der Waals surface area contributed by atoms with Crippen molar-refractivity contribution in [2.24, 2.45) is 4.99 Å². The Morgan fingerprint density at radius 2 is 2.07 bits per heavy atom.